The van der Waals surface area contributed by atoms with Crippen molar-refractivity contribution in [2.75, 3.05) is 46.0 Å². The van der Waals surface area contributed by atoms with Gasteiger partial charge in [-0.3, -0.25) is 72.5 Å². The number of hydrogen-bond acceptors (Lipinski definition) is 21. The molecule has 111 heavy (non-hydrogen) atoms. The number of likely N-dealkylation sites (tertiary alicyclic amines) is 1. The van der Waals surface area contributed by atoms with Gasteiger partial charge in [0.25, 0.3) is 0 Å². The molecule has 3 aromatic rings. The zero-order valence-corrected chi connectivity index (χ0v) is 63.9. The lowest BCUT2D eigenvalue weighted by Gasteiger charge is -2.31. The first-order valence-corrected chi connectivity index (χ1v) is 36.7. The van der Waals surface area contributed by atoms with Crippen LogP contribution in [0.25, 0.3) is 10.9 Å². The summed E-state index contributed by atoms with van der Waals surface area (Å²) in [7, 11) is 0. The van der Waals surface area contributed by atoms with Gasteiger partial charge in [-0.05, 0) is 101 Å². The van der Waals surface area contributed by atoms with Gasteiger partial charge in [-0.25, -0.2) is 4.79 Å². The molecular formula is C72H111N19O20. The molecule has 2 heterocycles. The molecule has 0 radical (unpaired) electrons. The van der Waals surface area contributed by atoms with Crippen molar-refractivity contribution in [2.45, 2.75) is 205 Å². The summed E-state index contributed by atoms with van der Waals surface area (Å²) in [5, 5.41) is 93.4. The van der Waals surface area contributed by atoms with E-state index in [9.17, 15) is 97.5 Å². The number of aliphatic hydroxyl groups excluding tert-OH is 4. The molecule has 14 amide bonds. The van der Waals surface area contributed by atoms with E-state index in [4.69, 9.17) is 16.9 Å². The van der Waals surface area contributed by atoms with Crippen LogP contribution in [0.3, 0.4) is 0 Å². The topological polar surface area (TPSA) is 621 Å². The van der Waals surface area contributed by atoms with Crippen molar-refractivity contribution >= 4 is 106 Å². The average Bonchev–Trinajstić information content (AvgIpc) is 1.71. The number of nitrogens with one attached hydrogen (secondary N) is 16. The Kier molecular flexibility index (Phi) is 38.3. The van der Waals surface area contributed by atoms with Gasteiger partial charge < -0.3 is 121 Å². The standard InChI is InChI=1S/C72H111N19O20/c1-36(2)25-48(62(101)79-31-56(96)78-32-57(97)82-49(26-37(3)4)64(103)87-52(71(110)111)29-43-30-77-46-20-14-13-19-44(43)46)84-59(98)39(7)80-67(106)53(34-93)89-65(104)50(27-38(5)6)85-66(105)51(28-42-17-11-10-12-18-42)86-63(102)47(21-15-23-76-72(74)75)83-68(107)54(35-94)88-60(99)40(8)81-69(108)55-22-16-24-91(55)70(109)58(41(9)95)90-61(100)45(73)33-92/h10-14,17-20,30,36-41,45,47-55,58,77,92-95H,15-16,21-29,31-35,73H2,1-9H3,(H,78,96)(H,79,101)(H,80,106)(H,81,108)(H,82,97)(H,83,107)(H,84,98)(H,85,105)(H,86,102)(H,87,103)(H,88,99)(H,89,104)(H,90,100)(H,110,111)(H4,74,75,76)/t39-,40-,41+,45-,47-,48-,49-,50-,51-,52-,53-,54-,55-,58-/m0/s1. The number of nitrogens with two attached hydrogens (primary N) is 2. The van der Waals surface area contributed by atoms with Crippen molar-refractivity contribution in [1.82, 2.24) is 84.3 Å². The Labute approximate surface area is 642 Å². The van der Waals surface area contributed by atoms with Crippen LogP contribution in [0.2, 0.25) is 0 Å². The summed E-state index contributed by atoms with van der Waals surface area (Å²) in [6.07, 6.45) is 0.195. The molecule has 614 valence electrons. The molecule has 1 fully saturated rings. The number of carbonyl (C=O) groups is 15. The number of carboxylic acid groups (broad SMARTS) is 1. The summed E-state index contributed by atoms with van der Waals surface area (Å²) in [6.45, 7) is 10.0. The number of H-pyrrole nitrogens is 1. The van der Waals surface area contributed by atoms with Crippen molar-refractivity contribution in [1.29, 1.82) is 5.41 Å². The van der Waals surface area contributed by atoms with Gasteiger partial charge in [-0.2, -0.15) is 0 Å². The lowest BCUT2D eigenvalue weighted by atomic mass is 10.00. The van der Waals surface area contributed by atoms with E-state index in [0.29, 0.717) is 17.5 Å². The van der Waals surface area contributed by atoms with Crippen LogP contribution in [-0.4, -0.2) is 261 Å². The molecular weight excluding hydrogens is 1450 g/mol. The summed E-state index contributed by atoms with van der Waals surface area (Å²) < 4.78 is 0. The van der Waals surface area contributed by atoms with Gasteiger partial charge in [0.05, 0.1) is 39.0 Å². The molecule has 0 spiro atoms. The summed E-state index contributed by atoms with van der Waals surface area (Å²) in [5.74, 6) is -15.3. The molecule has 0 saturated carbocycles. The van der Waals surface area contributed by atoms with Crippen molar-refractivity contribution in [2.24, 2.45) is 29.2 Å². The number of aromatic amines is 1. The Morgan fingerprint density at radius 3 is 1.56 bits per heavy atom. The third-order valence-electron chi connectivity index (χ3n) is 17.7. The van der Waals surface area contributed by atoms with Crippen molar-refractivity contribution in [3.05, 3.63) is 71.9 Å². The van der Waals surface area contributed by atoms with E-state index < -0.39 is 212 Å². The number of rotatable bonds is 46. The van der Waals surface area contributed by atoms with Gasteiger partial charge in [0.15, 0.2) is 5.96 Å². The molecule has 0 aliphatic carbocycles. The van der Waals surface area contributed by atoms with Crippen LogP contribution in [-0.2, 0) is 84.8 Å². The van der Waals surface area contributed by atoms with Crippen LogP contribution >= 0.6 is 0 Å². The lowest BCUT2D eigenvalue weighted by molar-refractivity contribution is -0.144. The molecule has 1 aliphatic heterocycles. The number of amides is 14. The van der Waals surface area contributed by atoms with Crippen molar-refractivity contribution in [3.8, 4) is 0 Å². The van der Waals surface area contributed by atoms with Crippen LogP contribution in [0.1, 0.15) is 118 Å². The number of guanidine groups is 1. The van der Waals surface area contributed by atoms with Gasteiger partial charge in [0.2, 0.25) is 82.7 Å². The molecule has 1 saturated heterocycles. The number of carbonyl (C=O) groups excluding carboxylic acids is 14. The second kappa shape index (κ2) is 45.9. The Morgan fingerprint density at radius 1 is 0.514 bits per heavy atom. The fourth-order valence-electron chi connectivity index (χ4n) is 11.8. The maximum atomic E-state index is 14.6. The van der Waals surface area contributed by atoms with Crippen LogP contribution in [0.4, 0.5) is 0 Å². The Bertz CT molecular complexity index is 3710. The minimum Gasteiger partial charge on any atom is -0.480 e. The number of benzene rings is 2. The smallest absolute Gasteiger partial charge is 0.326 e. The number of aliphatic hydroxyl groups is 4. The van der Waals surface area contributed by atoms with E-state index in [1.54, 1.807) is 84.1 Å². The lowest BCUT2D eigenvalue weighted by Crippen LogP contribution is -2.61. The highest BCUT2D eigenvalue weighted by molar-refractivity contribution is 6.00. The largest absolute Gasteiger partial charge is 0.480 e. The number of nitrogens with zero attached hydrogens (tertiary/aromatic N) is 1. The fourth-order valence-corrected chi connectivity index (χ4v) is 11.8. The highest BCUT2D eigenvalue weighted by atomic mass is 16.4. The minimum absolute atomic E-state index is 0.000595. The maximum absolute atomic E-state index is 14.6. The van der Waals surface area contributed by atoms with E-state index in [1.807, 2.05) is 18.2 Å². The van der Waals surface area contributed by atoms with E-state index >= 15 is 0 Å². The van der Waals surface area contributed by atoms with Crippen LogP contribution in [0, 0.1) is 23.2 Å². The molecule has 4 rings (SSSR count). The summed E-state index contributed by atoms with van der Waals surface area (Å²) in [4.78, 5) is 208. The first-order chi connectivity index (χ1) is 52.4. The van der Waals surface area contributed by atoms with Crippen LogP contribution < -0.4 is 85.9 Å². The summed E-state index contributed by atoms with van der Waals surface area (Å²) in [6, 6.07) is -3.47. The van der Waals surface area contributed by atoms with Crippen molar-refractivity contribution < 1.29 is 97.5 Å². The van der Waals surface area contributed by atoms with Crippen LogP contribution in [0.15, 0.2) is 60.8 Å². The van der Waals surface area contributed by atoms with Gasteiger partial charge in [0.1, 0.15) is 78.5 Å². The number of hydrogen-bond donors (Lipinski definition) is 23. The fraction of sp³-hybridized carbons (Fsp3) is 0.583. The number of carboxylic acids is 1. The highest BCUT2D eigenvalue weighted by Crippen LogP contribution is 2.22. The normalized spacial score (nSPS) is 16.2. The number of fused-ring (bicyclic) bond motifs is 1. The van der Waals surface area contributed by atoms with Gasteiger partial charge >= 0.3 is 5.97 Å². The molecule has 39 nitrogen and oxygen atoms in total. The molecule has 2 aromatic carbocycles. The molecule has 1 aliphatic rings. The molecule has 14 atom stereocenters. The molecule has 39 heteroatoms. The monoisotopic (exact) mass is 1560 g/mol. The molecule has 0 bridgehead atoms. The number of aromatic nitrogens is 1. The second-order valence-corrected chi connectivity index (χ2v) is 28.5. The first-order valence-electron chi connectivity index (χ1n) is 36.7. The quantitative estimate of drug-likeness (QED) is 0.0142. The van der Waals surface area contributed by atoms with E-state index in [-0.39, 0.29) is 82.2 Å². The highest BCUT2D eigenvalue weighted by Gasteiger charge is 2.42. The van der Waals surface area contributed by atoms with Crippen LogP contribution in [0.5, 0.6) is 0 Å². The summed E-state index contributed by atoms with van der Waals surface area (Å²) in [5.41, 5.74) is 13.0. The second-order valence-electron chi connectivity index (χ2n) is 28.5. The van der Waals surface area contributed by atoms with E-state index in [1.165, 1.54) is 20.8 Å². The zero-order chi connectivity index (χ0) is 82.9. The van der Waals surface area contributed by atoms with Gasteiger partial charge in [0, 0.05) is 43.0 Å². The van der Waals surface area contributed by atoms with E-state index in [2.05, 4.69) is 79.4 Å². The van der Waals surface area contributed by atoms with Crippen molar-refractivity contribution in [3.63, 3.8) is 0 Å². The minimum atomic E-state index is -1.78. The molecule has 1 aromatic heterocycles. The average molecular weight is 1560 g/mol. The predicted octanol–water partition coefficient (Wildman–Crippen LogP) is -6.28. The Hall–Kier alpha value is -10.9. The third kappa shape index (κ3) is 30.8. The number of para-hydroxylation sites is 1. The molecule has 25 N–H and O–H groups in total. The SMILES string of the molecule is CC(C)C[C@H](NC(=O)CNC(=O)CNC(=O)[C@H](CC(C)C)NC(=O)[C@H](C)NC(=O)[C@H](CO)NC(=O)[C@H](CC(C)C)NC(=O)[C@H](Cc1ccccc1)NC(=O)[C@H](CCCNC(=N)N)NC(=O)[C@H](CO)NC(=O)[C@H](C)NC(=O)[C@@H]1CCCN1C(=O)[C@@H](NC(=O)[C@@H](N)CO)[C@@H](C)O)C(=O)N[C@@H](Cc1c[nH]c2ccccc12)C(=O)O. The van der Waals surface area contributed by atoms with Gasteiger partial charge in [-0.15, -0.1) is 0 Å². The first kappa shape index (κ1) is 92.5. The number of aliphatic carboxylic acids is 1. The zero-order valence-electron chi connectivity index (χ0n) is 63.9. The van der Waals surface area contributed by atoms with Gasteiger partial charge in [-0.1, -0.05) is 90.1 Å². The molecule has 0 unspecified atom stereocenters. The maximum Gasteiger partial charge on any atom is 0.326 e. The predicted molar refractivity (Wildman–Crippen MR) is 402 cm³/mol. The van der Waals surface area contributed by atoms with E-state index in [0.717, 1.165) is 15.8 Å². The summed E-state index contributed by atoms with van der Waals surface area (Å²) >= 11 is 0. The Morgan fingerprint density at radius 2 is 0.991 bits per heavy atom. The Balaban J connectivity index is 1.40. The third-order valence-corrected chi connectivity index (χ3v) is 17.7.